The SMILES string of the molecule is CC(C)c1nn(C)c(Oc2cccc(F)c2F)c1N. The zero-order chi connectivity index (χ0) is 14.2. The molecule has 0 saturated carbocycles. The largest absolute Gasteiger partial charge is 0.434 e. The van der Waals surface area contributed by atoms with Crippen molar-refractivity contribution in [2.45, 2.75) is 19.8 Å². The number of hydrogen-bond donors (Lipinski definition) is 1. The van der Waals surface area contributed by atoms with Crippen molar-refractivity contribution >= 4 is 5.69 Å². The summed E-state index contributed by atoms with van der Waals surface area (Å²) in [4.78, 5) is 0. The van der Waals surface area contributed by atoms with Crippen molar-refractivity contribution in [3.63, 3.8) is 0 Å². The molecular weight excluding hydrogens is 252 g/mol. The Morgan fingerprint density at radius 3 is 2.58 bits per heavy atom. The van der Waals surface area contributed by atoms with Crippen LogP contribution in [0, 0.1) is 11.6 Å². The van der Waals surface area contributed by atoms with Crippen molar-refractivity contribution in [3.05, 3.63) is 35.5 Å². The van der Waals surface area contributed by atoms with E-state index >= 15 is 0 Å². The summed E-state index contributed by atoms with van der Waals surface area (Å²) in [7, 11) is 1.63. The number of nitrogens with two attached hydrogens (primary N) is 1. The number of ether oxygens (including phenoxy) is 1. The molecule has 0 atom stereocenters. The summed E-state index contributed by atoms with van der Waals surface area (Å²) in [6, 6.07) is 3.72. The Balaban J connectivity index is 2.41. The maximum Gasteiger partial charge on any atom is 0.241 e. The van der Waals surface area contributed by atoms with Crippen LogP contribution in [0.5, 0.6) is 11.6 Å². The van der Waals surface area contributed by atoms with Crippen LogP contribution < -0.4 is 10.5 Å². The Labute approximate surface area is 109 Å². The Morgan fingerprint density at radius 2 is 2.00 bits per heavy atom. The van der Waals surface area contributed by atoms with Gasteiger partial charge in [-0.2, -0.15) is 9.49 Å². The smallest absolute Gasteiger partial charge is 0.241 e. The topological polar surface area (TPSA) is 53.1 Å². The molecule has 2 rings (SSSR count). The average Bonchev–Trinajstić information content (AvgIpc) is 2.63. The van der Waals surface area contributed by atoms with Gasteiger partial charge in [0.2, 0.25) is 11.7 Å². The van der Waals surface area contributed by atoms with E-state index in [0.717, 1.165) is 6.07 Å². The predicted octanol–water partition coefficient (Wildman–Crippen LogP) is 3.20. The summed E-state index contributed by atoms with van der Waals surface area (Å²) in [6.07, 6.45) is 0. The zero-order valence-electron chi connectivity index (χ0n) is 10.9. The summed E-state index contributed by atoms with van der Waals surface area (Å²) in [5.41, 5.74) is 6.91. The van der Waals surface area contributed by atoms with Crippen molar-refractivity contribution in [1.82, 2.24) is 9.78 Å². The molecule has 6 heteroatoms. The molecule has 0 amide bonds. The number of hydrogen-bond acceptors (Lipinski definition) is 3. The standard InChI is InChI=1S/C13H15F2N3O/c1-7(2)12-11(16)13(18(3)17-12)19-9-6-4-5-8(14)10(9)15/h4-7H,16H2,1-3H3. The van der Waals surface area contributed by atoms with E-state index in [4.69, 9.17) is 10.5 Å². The molecule has 0 bridgehead atoms. The van der Waals surface area contributed by atoms with Gasteiger partial charge in [-0.3, -0.25) is 0 Å². The molecular formula is C13H15F2N3O. The number of anilines is 1. The molecule has 2 aromatic rings. The van der Waals surface area contributed by atoms with E-state index in [9.17, 15) is 8.78 Å². The molecule has 1 heterocycles. The van der Waals surface area contributed by atoms with Crippen LogP contribution in [0.25, 0.3) is 0 Å². The molecule has 0 fully saturated rings. The van der Waals surface area contributed by atoms with Crippen molar-refractivity contribution in [3.8, 4) is 11.6 Å². The van der Waals surface area contributed by atoms with Gasteiger partial charge in [0.05, 0.1) is 5.69 Å². The Kier molecular flexibility index (Phi) is 3.42. The number of nitrogens with zero attached hydrogens (tertiary/aromatic N) is 2. The predicted molar refractivity (Wildman–Crippen MR) is 68.1 cm³/mol. The van der Waals surface area contributed by atoms with Crippen LogP contribution in [0.4, 0.5) is 14.5 Å². The number of nitrogen functional groups attached to an aromatic ring is 1. The second kappa shape index (κ2) is 4.87. The quantitative estimate of drug-likeness (QED) is 0.929. The van der Waals surface area contributed by atoms with E-state index < -0.39 is 11.6 Å². The van der Waals surface area contributed by atoms with Crippen LogP contribution in [-0.2, 0) is 7.05 Å². The number of halogens is 2. The maximum atomic E-state index is 13.5. The third kappa shape index (κ3) is 2.38. The average molecular weight is 267 g/mol. The monoisotopic (exact) mass is 267 g/mol. The van der Waals surface area contributed by atoms with Crippen LogP contribution in [-0.4, -0.2) is 9.78 Å². The minimum absolute atomic E-state index is 0.112. The zero-order valence-corrected chi connectivity index (χ0v) is 10.9. The number of rotatable bonds is 3. The summed E-state index contributed by atoms with van der Waals surface area (Å²) in [5.74, 6) is -1.92. The van der Waals surface area contributed by atoms with Gasteiger partial charge in [0.15, 0.2) is 11.6 Å². The van der Waals surface area contributed by atoms with Crippen LogP contribution in [0.1, 0.15) is 25.5 Å². The lowest BCUT2D eigenvalue weighted by Gasteiger charge is -2.08. The highest BCUT2D eigenvalue weighted by Crippen LogP contribution is 2.34. The Morgan fingerprint density at radius 1 is 1.32 bits per heavy atom. The van der Waals surface area contributed by atoms with Crippen LogP contribution in [0.2, 0.25) is 0 Å². The van der Waals surface area contributed by atoms with E-state index in [2.05, 4.69) is 5.10 Å². The molecule has 2 N–H and O–H groups in total. The highest BCUT2D eigenvalue weighted by molar-refractivity contribution is 5.55. The highest BCUT2D eigenvalue weighted by Gasteiger charge is 2.19. The maximum absolute atomic E-state index is 13.5. The summed E-state index contributed by atoms with van der Waals surface area (Å²) >= 11 is 0. The molecule has 0 spiro atoms. The minimum Gasteiger partial charge on any atom is -0.434 e. The fourth-order valence-corrected chi connectivity index (χ4v) is 1.76. The third-order valence-corrected chi connectivity index (χ3v) is 2.73. The summed E-state index contributed by atoms with van der Waals surface area (Å²) < 4.78 is 33.4. The molecule has 0 aliphatic carbocycles. The molecule has 1 aromatic carbocycles. The first-order valence-electron chi connectivity index (χ1n) is 5.86. The number of aryl methyl sites for hydroxylation is 1. The van der Waals surface area contributed by atoms with Gasteiger partial charge in [-0.15, -0.1) is 0 Å². The molecule has 19 heavy (non-hydrogen) atoms. The normalized spacial score (nSPS) is 11.1. The van der Waals surface area contributed by atoms with E-state index in [-0.39, 0.29) is 17.5 Å². The first-order chi connectivity index (χ1) is 8.91. The van der Waals surface area contributed by atoms with E-state index in [0.29, 0.717) is 11.4 Å². The first-order valence-corrected chi connectivity index (χ1v) is 5.86. The van der Waals surface area contributed by atoms with Gasteiger partial charge >= 0.3 is 0 Å². The molecule has 1 aromatic heterocycles. The molecule has 102 valence electrons. The lowest BCUT2D eigenvalue weighted by Crippen LogP contribution is -1.99. The van der Waals surface area contributed by atoms with Gasteiger partial charge in [-0.25, -0.2) is 9.07 Å². The second-order valence-electron chi connectivity index (χ2n) is 4.54. The molecule has 0 aliphatic rings. The Hall–Kier alpha value is -2.11. The number of benzene rings is 1. The van der Waals surface area contributed by atoms with Crippen molar-refractivity contribution in [2.75, 3.05) is 5.73 Å². The van der Waals surface area contributed by atoms with E-state index in [1.165, 1.54) is 16.8 Å². The van der Waals surface area contributed by atoms with Crippen LogP contribution in [0.3, 0.4) is 0 Å². The molecule has 4 nitrogen and oxygen atoms in total. The van der Waals surface area contributed by atoms with Gasteiger partial charge in [0.1, 0.15) is 5.69 Å². The fourth-order valence-electron chi connectivity index (χ4n) is 1.76. The third-order valence-electron chi connectivity index (χ3n) is 2.73. The van der Waals surface area contributed by atoms with Crippen molar-refractivity contribution < 1.29 is 13.5 Å². The van der Waals surface area contributed by atoms with Gasteiger partial charge < -0.3 is 10.5 Å². The first kappa shape index (κ1) is 13.3. The Bertz CT molecular complexity index is 608. The van der Waals surface area contributed by atoms with E-state index in [1.807, 2.05) is 13.8 Å². The summed E-state index contributed by atoms with van der Waals surface area (Å²) in [5, 5.41) is 4.21. The number of aromatic nitrogens is 2. The fraction of sp³-hybridized carbons (Fsp3) is 0.308. The molecule has 0 unspecified atom stereocenters. The van der Waals surface area contributed by atoms with Crippen LogP contribution in [0.15, 0.2) is 18.2 Å². The van der Waals surface area contributed by atoms with Crippen molar-refractivity contribution in [2.24, 2.45) is 7.05 Å². The van der Waals surface area contributed by atoms with Gasteiger partial charge in [0.25, 0.3) is 0 Å². The minimum atomic E-state index is -1.05. The van der Waals surface area contributed by atoms with Gasteiger partial charge in [0, 0.05) is 7.05 Å². The summed E-state index contributed by atoms with van der Waals surface area (Å²) in [6.45, 7) is 3.87. The lowest BCUT2D eigenvalue weighted by atomic mass is 10.1. The van der Waals surface area contributed by atoms with E-state index in [1.54, 1.807) is 7.05 Å². The lowest BCUT2D eigenvalue weighted by molar-refractivity contribution is 0.389. The van der Waals surface area contributed by atoms with Gasteiger partial charge in [-0.05, 0) is 18.1 Å². The molecule has 0 aliphatic heterocycles. The van der Waals surface area contributed by atoms with Crippen molar-refractivity contribution in [1.29, 1.82) is 0 Å². The molecule has 0 radical (unpaired) electrons. The highest BCUT2D eigenvalue weighted by atomic mass is 19.2. The van der Waals surface area contributed by atoms with Gasteiger partial charge in [-0.1, -0.05) is 19.9 Å². The van der Waals surface area contributed by atoms with Crippen LogP contribution >= 0.6 is 0 Å². The second-order valence-corrected chi connectivity index (χ2v) is 4.54. The molecule has 0 saturated heterocycles.